The SMILES string of the molecule is CON=C(C(=O)NC1C(=O)N2C(C(=O)O)=C(Sc3ccccc3)SCC12)c1csc(N)n1. The van der Waals surface area contributed by atoms with Gasteiger partial charge in [0.15, 0.2) is 16.5 Å². The van der Waals surface area contributed by atoms with Crippen LogP contribution in [0.1, 0.15) is 5.69 Å². The van der Waals surface area contributed by atoms with Gasteiger partial charge in [-0.25, -0.2) is 9.78 Å². The van der Waals surface area contributed by atoms with E-state index in [2.05, 4.69) is 15.5 Å². The minimum atomic E-state index is -1.20. The van der Waals surface area contributed by atoms with Crippen molar-refractivity contribution in [2.45, 2.75) is 17.0 Å². The van der Waals surface area contributed by atoms with Gasteiger partial charge in [-0.15, -0.1) is 23.1 Å². The van der Waals surface area contributed by atoms with Crippen LogP contribution in [-0.4, -0.2) is 63.4 Å². The lowest BCUT2D eigenvalue weighted by Crippen LogP contribution is -2.72. The third-order valence-electron chi connectivity index (χ3n) is 4.64. The molecular weight excluding hydrogens is 474 g/mol. The molecule has 2 unspecified atom stereocenters. The summed E-state index contributed by atoms with van der Waals surface area (Å²) in [6.45, 7) is 0. The van der Waals surface area contributed by atoms with Crippen molar-refractivity contribution in [1.82, 2.24) is 15.2 Å². The highest BCUT2D eigenvalue weighted by atomic mass is 32.2. The Bertz CT molecular complexity index is 1130. The summed E-state index contributed by atoms with van der Waals surface area (Å²) in [7, 11) is 1.28. The Balaban J connectivity index is 1.53. The van der Waals surface area contributed by atoms with Gasteiger partial charge in [0, 0.05) is 16.0 Å². The first kappa shape index (κ1) is 22.2. The predicted octanol–water partition coefficient (Wildman–Crippen LogP) is 1.56. The van der Waals surface area contributed by atoms with E-state index in [9.17, 15) is 19.5 Å². The molecule has 1 aromatic heterocycles. The normalized spacial score (nSPS) is 20.5. The summed E-state index contributed by atoms with van der Waals surface area (Å²) >= 11 is 3.77. The fraction of sp³-hybridized carbons (Fsp3) is 0.211. The predicted molar refractivity (Wildman–Crippen MR) is 122 cm³/mol. The van der Waals surface area contributed by atoms with Crippen LogP contribution in [0.25, 0.3) is 0 Å². The van der Waals surface area contributed by atoms with Gasteiger partial charge in [-0.3, -0.25) is 14.5 Å². The first-order valence-electron chi connectivity index (χ1n) is 9.20. The summed E-state index contributed by atoms with van der Waals surface area (Å²) in [5.74, 6) is -1.92. The molecule has 0 saturated carbocycles. The zero-order valence-corrected chi connectivity index (χ0v) is 19.0. The Labute approximate surface area is 194 Å². The molecule has 2 aliphatic rings. The molecule has 4 rings (SSSR count). The number of carbonyl (C=O) groups excluding carboxylic acids is 2. The highest BCUT2D eigenvalue weighted by Crippen LogP contribution is 2.46. The van der Waals surface area contributed by atoms with Crippen LogP contribution in [0, 0.1) is 0 Å². The van der Waals surface area contributed by atoms with Crippen LogP contribution >= 0.6 is 34.9 Å². The molecule has 0 aliphatic carbocycles. The molecule has 1 aromatic carbocycles. The van der Waals surface area contributed by atoms with E-state index in [4.69, 9.17) is 10.6 Å². The molecule has 1 saturated heterocycles. The van der Waals surface area contributed by atoms with Crippen molar-refractivity contribution >= 4 is 63.5 Å². The molecule has 2 atom stereocenters. The quantitative estimate of drug-likeness (QED) is 0.298. The second-order valence-electron chi connectivity index (χ2n) is 6.59. The molecule has 1 fully saturated rings. The Kier molecular flexibility index (Phi) is 6.39. The summed E-state index contributed by atoms with van der Waals surface area (Å²) in [6, 6.07) is 7.94. The van der Waals surface area contributed by atoms with Crippen LogP contribution in [0.4, 0.5) is 5.13 Å². The second-order valence-corrected chi connectivity index (χ2v) is 9.85. The molecule has 2 aliphatic heterocycles. The first-order chi connectivity index (χ1) is 15.4. The monoisotopic (exact) mass is 491 g/mol. The third-order valence-corrected chi connectivity index (χ3v) is 7.77. The average molecular weight is 492 g/mol. The number of aromatic nitrogens is 1. The van der Waals surface area contributed by atoms with Gasteiger partial charge in [-0.1, -0.05) is 35.1 Å². The summed E-state index contributed by atoms with van der Waals surface area (Å²) in [4.78, 5) is 48.5. The summed E-state index contributed by atoms with van der Waals surface area (Å²) in [6.07, 6.45) is 0. The number of thiazole rings is 1. The molecule has 4 N–H and O–H groups in total. The molecule has 166 valence electrons. The van der Waals surface area contributed by atoms with E-state index in [0.29, 0.717) is 9.99 Å². The number of nitrogens with zero attached hydrogens (tertiary/aromatic N) is 3. The van der Waals surface area contributed by atoms with Crippen molar-refractivity contribution < 1.29 is 24.3 Å². The molecular formula is C19H17N5O5S3. The maximum absolute atomic E-state index is 12.9. The van der Waals surface area contributed by atoms with Crippen LogP contribution in [0.5, 0.6) is 0 Å². The standard InChI is InChI=1S/C19H17N5O5S3/c1-29-23-12(10-7-31-19(20)21-10)15(25)22-13-11-8-30-18(32-9-5-3-2-4-6-9)14(17(27)28)24(11)16(13)26/h2-7,11,13H,8H2,1H3,(H2,20,21)(H,22,25)(H,27,28). The van der Waals surface area contributed by atoms with Crippen LogP contribution < -0.4 is 11.1 Å². The number of oxime groups is 1. The summed E-state index contributed by atoms with van der Waals surface area (Å²) in [5.41, 5.74) is 5.65. The van der Waals surface area contributed by atoms with E-state index in [-0.39, 0.29) is 22.2 Å². The molecule has 10 nitrogen and oxygen atoms in total. The van der Waals surface area contributed by atoms with Gasteiger partial charge in [-0.05, 0) is 12.1 Å². The topological polar surface area (TPSA) is 147 Å². The van der Waals surface area contributed by atoms with E-state index in [1.165, 1.54) is 35.5 Å². The number of carboxylic acid groups (broad SMARTS) is 1. The third kappa shape index (κ3) is 4.18. The number of fused-ring (bicyclic) bond motifs is 1. The number of carbonyl (C=O) groups is 3. The highest BCUT2D eigenvalue weighted by molar-refractivity contribution is 8.22. The molecule has 2 aromatic rings. The van der Waals surface area contributed by atoms with E-state index in [1.807, 2.05) is 30.3 Å². The van der Waals surface area contributed by atoms with Gasteiger partial charge in [0.2, 0.25) is 0 Å². The fourth-order valence-corrected chi connectivity index (χ4v) is 6.29. The van der Waals surface area contributed by atoms with E-state index in [1.54, 1.807) is 5.38 Å². The van der Waals surface area contributed by atoms with E-state index in [0.717, 1.165) is 16.2 Å². The molecule has 32 heavy (non-hydrogen) atoms. The van der Waals surface area contributed by atoms with Crippen molar-refractivity contribution in [3.05, 3.63) is 51.3 Å². The van der Waals surface area contributed by atoms with Crippen molar-refractivity contribution in [3.63, 3.8) is 0 Å². The van der Waals surface area contributed by atoms with Crippen LogP contribution in [-0.2, 0) is 19.2 Å². The van der Waals surface area contributed by atoms with Crippen LogP contribution in [0.15, 0.2) is 55.7 Å². The number of nitrogens with one attached hydrogen (secondary N) is 1. The number of carboxylic acids is 1. The number of aliphatic carboxylic acids is 1. The minimum Gasteiger partial charge on any atom is -0.477 e. The van der Waals surface area contributed by atoms with Gasteiger partial charge in [0.05, 0.1) is 10.3 Å². The lowest BCUT2D eigenvalue weighted by atomic mass is 9.95. The first-order valence-corrected chi connectivity index (χ1v) is 11.9. The molecule has 0 radical (unpaired) electrons. The Hall–Kier alpha value is -3.03. The van der Waals surface area contributed by atoms with Crippen molar-refractivity contribution in [1.29, 1.82) is 0 Å². The Morgan fingerprint density at radius 3 is 2.75 bits per heavy atom. The lowest BCUT2D eigenvalue weighted by molar-refractivity contribution is -0.153. The average Bonchev–Trinajstić information content (AvgIpc) is 3.21. The number of amides is 2. The Morgan fingerprint density at radius 1 is 1.38 bits per heavy atom. The number of hydrogen-bond acceptors (Lipinski definition) is 10. The minimum absolute atomic E-state index is 0.0753. The zero-order valence-electron chi connectivity index (χ0n) is 16.5. The number of benzene rings is 1. The number of rotatable bonds is 7. The van der Waals surface area contributed by atoms with Crippen molar-refractivity contribution in [3.8, 4) is 0 Å². The fourth-order valence-electron chi connectivity index (χ4n) is 3.24. The largest absolute Gasteiger partial charge is 0.477 e. The van der Waals surface area contributed by atoms with Crippen molar-refractivity contribution in [2.75, 3.05) is 18.6 Å². The van der Waals surface area contributed by atoms with Gasteiger partial charge >= 0.3 is 5.97 Å². The van der Waals surface area contributed by atoms with Gasteiger partial charge in [0.1, 0.15) is 18.8 Å². The van der Waals surface area contributed by atoms with Crippen molar-refractivity contribution in [2.24, 2.45) is 5.16 Å². The number of nitrogens with two attached hydrogens (primary N) is 1. The second kappa shape index (κ2) is 9.22. The van der Waals surface area contributed by atoms with E-state index >= 15 is 0 Å². The molecule has 3 heterocycles. The van der Waals surface area contributed by atoms with Gasteiger partial charge in [-0.2, -0.15) is 0 Å². The Morgan fingerprint density at radius 2 is 2.12 bits per heavy atom. The number of hydrogen-bond donors (Lipinski definition) is 3. The smallest absolute Gasteiger partial charge is 0.354 e. The van der Waals surface area contributed by atoms with Crippen LogP contribution in [0.3, 0.4) is 0 Å². The number of thioether (sulfide) groups is 2. The maximum atomic E-state index is 12.9. The number of anilines is 1. The molecule has 13 heteroatoms. The maximum Gasteiger partial charge on any atom is 0.354 e. The summed E-state index contributed by atoms with van der Waals surface area (Å²) in [5, 5.41) is 17.9. The lowest BCUT2D eigenvalue weighted by Gasteiger charge is -2.49. The number of β-lactam (4-membered cyclic amide) rings is 1. The molecule has 0 spiro atoms. The summed E-state index contributed by atoms with van der Waals surface area (Å²) < 4.78 is 0.526. The van der Waals surface area contributed by atoms with E-state index < -0.39 is 29.9 Å². The van der Waals surface area contributed by atoms with Gasteiger partial charge in [0.25, 0.3) is 11.8 Å². The number of nitrogen functional groups attached to an aromatic ring is 1. The highest BCUT2D eigenvalue weighted by Gasteiger charge is 2.54. The van der Waals surface area contributed by atoms with Gasteiger partial charge < -0.3 is 21.0 Å². The van der Waals surface area contributed by atoms with Crippen LogP contribution in [0.2, 0.25) is 0 Å². The zero-order chi connectivity index (χ0) is 22.8. The molecule has 0 bridgehead atoms. The molecule has 2 amide bonds.